The van der Waals surface area contributed by atoms with Crippen molar-refractivity contribution < 1.29 is 57.8 Å². The number of esters is 1. The molecule has 9 atom stereocenters. The Balaban J connectivity index is 3.98. The Morgan fingerprint density at radius 2 is 0.958 bits per heavy atom. The Labute approximate surface area is 428 Å². The van der Waals surface area contributed by atoms with Gasteiger partial charge in [-0.3, -0.25) is 43.2 Å². The highest BCUT2D eigenvalue weighted by molar-refractivity contribution is 5.98. The summed E-state index contributed by atoms with van der Waals surface area (Å²) in [5.74, 6) is -10.4. The minimum atomic E-state index is -1.72. The highest BCUT2D eigenvalue weighted by Gasteiger charge is 2.38. The Kier molecular flexibility index (Phi) is 30.7. The van der Waals surface area contributed by atoms with Crippen molar-refractivity contribution in [2.45, 2.75) is 240 Å². The SMILES string of the molecule is CCCCCCCCCCCC1CC(=O)N[C@@H](CCC(N)=O)C(=O)N[C@@H](CC(C)C)C(=O)N[C@@H](CC(C)C)C(=O)N[C@@H](C(C)C)C(=O)N[C@@H](CC(=O)O)C(=O)N[C@H](CC(C)C)C(=O)N[C@@H]([C@@H](C)CC)C(=O)O1. The smallest absolute Gasteiger partial charge is 0.329 e. The average Bonchev–Trinajstić information content (AvgIpc) is 3.27. The molecule has 1 heterocycles. The molecule has 1 saturated heterocycles. The summed E-state index contributed by atoms with van der Waals surface area (Å²) in [6, 6.07) is -9.48. The van der Waals surface area contributed by atoms with E-state index in [4.69, 9.17) is 10.5 Å². The summed E-state index contributed by atoms with van der Waals surface area (Å²) in [7, 11) is 0. The van der Waals surface area contributed by atoms with Crippen LogP contribution < -0.4 is 43.0 Å². The number of amides is 8. The molecule has 0 aromatic heterocycles. The van der Waals surface area contributed by atoms with Crippen molar-refractivity contribution in [3.05, 3.63) is 0 Å². The second-order valence-electron chi connectivity index (χ2n) is 21.3. The largest absolute Gasteiger partial charge is 0.481 e. The van der Waals surface area contributed by atoms with E-state index in [1.807, 2.05) is 34.6 Å². The predicted molar refractivity (Wildman–Crippen MR) is 273 cm³/mol. The number of hydrogen-bond donors (Lipinski definition) is 9. The number of carboxylic acid groups (broad SMARTS) is 1. The number of hydrogen-bond acceptors (Lipinski definition) is 11. The van der Waals surface area contributed by atoms with Gasteiger partial charge in [-0.1, -0.05) is 134 Å². The number of rotatable bonds is 24. The summed E-state index contributed by atoms with van der Waals surface area (Å²) in [6.45, 7) is 19.8. The quantitative estimate of drug-likeness (QED) is 0.0486. The highest BCUT2D eigenvalue weighted by atomic mass is 16.5. The lowest BCUT2D eigenvalue weighted by molar-refractivity contribution is -0.156. The number of carbonyl (C=O) groups excluding carboxylic acids is 9. The van der Waals surface area contributed by atoms with Crippen LogP contribution in [0.3, 0.4) is 0 Å². The van der Waals surface area contributed by atoms with E-state index < -0.39 is 132 Å². The number of primary amides is 1. The fourth-order valence-corrected chi connectivity index (χ4v) is 8.42. The van der Waals surface area contributed by atoms with Crippen molar-refractivity contribution in [1.29, 1.82) is 0 Å². The fraction of sp³-hybridized carbons (Fsp3) is 0.808. The Morgan fingerprint density at radius 1 is 0.542 bits per heavy atom. The normalized spacial score (nSPS) is 24.5. The molecule has 0 bridgehead atoms. The zero-order valence-electron chi connectivity index (χ0n) is 45.2. The molecule has 72 heavy (non-hydrogen) atoms. The number of cyclic esters (lactones) is 1. The van der Waals surface area contributed by atoms with E-state index in [0.29, 0.717) is 12.8 Å². The van der Waals surface area contributed by atoms with E-state index >= 15 is 0 Å². The first-order valence-electron chi connectivity index (χ1n) is 26.6. The molecule has 1 unspecified atom stereocenters. The van der Waals surface area contributed by atoms with E-state index in [1.54, 1.807) is 34.6 Å². The van der Waals surface area contributed by atoms with E-state index in [2.05, 4.69) is 44.1 Å². The maximum Gasteiger partial charge on any atom is 0.329 e. The Morgan fingerprint density at radius 3 is 1.39 bits per heavy atom. The molecule has 0 aromatic rings. The monoisotopic (exact) mass is 1020 g/mol. The van der Waals surface area contributed by atoms with Crippen molar-refractivity contribution in [3.8, 4) is 0 Å². The molecule has 0 spiro atoms. The minimum absolute atomic E-state index is 0.0468. The molecule has 0 aromatic carbocycles. The maximum absolute atomic E-state index is 14.3. The van der Waals surface area contributed by atoms with Crippen molar-refractivity contribution in [1.82, 2.24) is 37.2 Å². The third-order valence-corrected chi connectivity index (χ3v) is 12.7. The second kappa shape index (κ2) is 34.2. The van der Waals surface area contributed by atoms with E-state index in [1.165, 1.54) is 12.8 Å². The van der Waals surface area contributed by atoms with Gasteiger partial charge in [-0.2, -0.15) is 0 Å². The van der Waals surface area contributed by atoms with Crippen molar-refractivity contribution in [3.63, 3.8) is 0 Å². The van der Waals surface area contributed by atoms with Gasteiger partial charge in [-0.25, -0.2) is 4.79 Å². The molecule has 0 saturated carbocycles. The lowest BCUT2D eigenvalue weighted by Gasteiger charge is -2.30. The van der Waals surface area contributed by atoms with Gasteiger partial charge in [0.2, 0.25) is 47.3 Å². The summed E-state index contributed by atoms with van der Waals surface area (Å²) < 4.78 is 6.07. The highest BCUT2D eigenvalue weighted by Crippen LogP contribution is 2.19. The van der Waals surface area contributed by atoms with Crippen LogP contribution in [0.5, 0.6) is 0 Å². The van der Waals surface area contributed by atoms with Crippen LogP contribution in [-0.4, -0.2) is 113 Å². The molecule has 10 N–H and O–H groups in total. The predicted octanol–water partition coefficient (Wildman–Crippen LogP) is 4.20. The average molecular weight is 1020 g/mol. The fourth-order valence-electron chi connectivity index (χ4n) is 8.42. The summed E-state index contributed by atoms with van der Waals surface area (Å²) in [5.41, 5.74) is 5.49. The molecule has 412 valence electrons. The van der Waals surface area contributed by atoms with Gasteiger partial charge in [0.15, 0.2) is 0 Å². The van der Waals surface area contributed by atoms with Gasteiger partial charge in [0.1, 0.15) is 48.4 Å². The molecule has 0 radical (unpaired) electrons. The van der Waals surface area contributed by atoms with Crippen LogP contribution in [0.25, 0.3) is 0 Å². The zero-order chi connectivity index (χ0) is 54.7. The summed E-state index contributed by atoms with van der Waals surface area (Å²) in [5, 5.41) is 28.4. The summed E-state index contributed by atoms with van der Waals surface area (Å²) in [6.07, 6.45) is 7.10. The van der Waals surface area contributed by atoms with Crippen LogP contribution in [0.4, 0.5) is 0 Å². The van der Waals surface area contributed by atoms with Gasteiger partial charge in [-0.15, -0.1) is 0 Å². The number of unbranched alkanes of at least 4 members (excludes halogenated alkanes) is 8. The molecule has 20 nitrogen and oxygen atoms in total. The molecule has 0 aliphatic carbocycles. The molecular weight excluding hydrogens is 929 g/mol. The first-order valence-corrected chi connectivity index (χ1v) is 26.6. The third-order valence-electron chi connectivity index (χ3n) is 12.7. The standard InChI is InChI=1S/C52H92N8O12/c1-12-14-15-16-17-18-19-20-21-22-35-28-42(62)54-36(23-24-41(53)61)46(65)55-37(25-30(3)4)47(66)56-38(26-31(5)6)49(68)59-44(33(9)10)51(70)58-40(29-43(63)64)48(67)57-39(27-32(7)8)50(69)60-45(34(11)13-2)52(71)72-35/h30-40,44-45H,12-29H2,1-11H3,(H2,53,61)(H,54,62)(H,55,65)(H,56,66)(H,57,67)(H,58,70)(H,59,68)(H,60,69)(H,63,64)/t34-,35?,36-,37-,38-,39+,40-,44-,45-/m0/s1. The van der Waals surface area contributed by atoms with Crippen molar-refractivity contribution in [2.75, 3.05) is 0 Å². The van der Waals surface area contributed by atoms with Crippen molar-refractivity contribution in [2.24, 2.45) is 35.3 Å². The molecule has 1 aliphatic heterocycles. The van der Waals surface area contributed by atoms with Crippen molar-refractivity contribution >= 4 is 59.2 Å². The van der Waals surface area contributed by atoms with Crippen LogP contribution in [-0.2, 0) is 52.7 Å². The van der Waals surface area contributed by atoms with Gasteiger partial charge < -0.3 is 52.8 Å². The van der Waals surface area contributed by atoms with Gasteiger partial charge >= 0.3 is 11.9 Å². The Hall–Kier alpha value is -5.30. The Bertz CT molecular complexity index is 1770. The summed E-state index contributed by atoms with van der Waals surface area (Å²) >= 11 is 0. The molecular formula is C52H92N8O12. The van der Waals surface area contributed by atoms with E-state index in [-0.39, 0.29) is 56.3 Å². The lowest BCUT2D eigenvalue weighted by Crippen LogP contribution is -2.61. The molecule has 8 amide bonds. The van der Waals surface area contributed by atoms with Gasteiger partial charge in [0.05, 0.1) is 12.8 Å². The van der Waals surface area contributed by atoms with Crippen LogP contribution in [0.15, 0.2) is 0 Å². The lowest BCUT2D eigenvalue weighted by atomic mass is 9.97. The van der Waals surface area contributed by atoms with Crippen LogP contribution in [0.2, 0.25) is 0 Å². The zero-order valence-corrected chi connectivity index (χ0v) is 45.2. The number of carboxylic acids is 1. The first-order chi connectivity index (χ1) is 33.8. The number of nitrogens with one attached hydrogen (secondary N) is 7. The number of carbonyl (C=O) groups is 10. The number of nitrogens with two attached hydrogens (primary N) is 1. The van der Waals surface area contributed by atoms with Gasteiger partial charge in [-0.05, 0) is 68.1 Å². The van der Waals surface area contributed by atoms with Crippen LogP contribution in [0, 0.1) is 29.6 Å². The molecule has 1 fully saturated rings. The maximum atomic E-state index is 14.3. The van der Waals surface area contributed by atoms with Gasteiger partial charge in [0.25, 0.3) is 0 Å². The minimum Gasteiger partial charge on any atom is -0.481 e. The van der Waals surface area contributed by atoms with Gasteiger partial charge in [0, 0.05) is 6.42 Å². The summed E-state index contributed by atoms with van der Waals surface area (Å²) in [4.78, 5) is 137. The topological polar surface area (TPSA) is 310 Å². The molecule has 1 aliphatic rings. The van der Waals surface area contributed by atoms with Crippen LogP contribution in [0.1, 0.15) is 192 Å². The van der Waals surface area contributed by atoms with Crippen LogP contribution >= 0.6 is 0 Å². The second-order valence-corrected chi connectivity index (χ2v) is 21.3. The molecule has 20 heteroatoms. The molecule has 1 rings (SSSR count). The number of aliphatic carboxylic acids is 1. The van der Waals surface area contributed by atoms with E-state index in [0.717, 1.165) is 38.5 Å². The number of ether oxygens (including phenoxy) is 1. The van der Waals surface area contributed by atoms with E-state index in [9.17, 15) is 53.1 Å². The first kappa shape index (κ1) is 64.7. The third kappa shape index (κ3) is 25.9.